The first-order chi connectivity index (χ1) is 16.1. The molecular weight excluding hydrogens is 512 g/mol. The number of carbonyl (C=O) groups is 2. The van der Waals surface area contributed by atoms with E-state index in [1.807, 2.05) is 13.8 Å². The van der Waals surface area contributed by atoms with Gasteiger partial charge in [0.05, 0.1) is 22.7 Å². The molecular formula is C23H31ClN4O5S2. The summed E-state index contributed by atoms with van der Waals surface area (Å²) in [7, 11) is -3.70. The Labute approximate surface area is 216 Å². The first-order valence-corrected chi connectivity index (χ1v) is 13.6. The summed E-state index contributed by atoms with van der Waals surface area (Å²) < 4.78 is 33.1. The average molecular weight is 543 g/mol. The minimum Gasteiger partial charge on any atom is -0.373 e. The Morgan fingerprint density at radius 3 is 2.37 bits per heavy atom. The van der Waals surface area contributed by atoms with Gasteiger partial charge in [-0.15, -0.1) is 23.7 Å². The second-order valence-electron chi connectivity index (χ2n) is 8.75. The van der Waals surface area contributed by atoms with Gasteiger partial charge in [-0.1, -0.05) is 6.92 Å². The van der Waals surface area contributed by atoms with Crippen LogP contribution in [0.1, 0.15) is 51.9 Å². The van der Waals surface area contributed by atoms with Gasteiger partial charge in [0.15, 0.2) is 0 Å². The largest absolute Gasteiger partial charge is 0.373 e. The second kappa shape index (κ2) is 10.9. The van der Waals surface area contributed by atoms with Crippen molar-refractivity contribution in [1.29, 1.82) is 0 Å². The van der Waals surface area contributed by atoms with E-state index in [-0.39, 0.29) is 42.6 Å². The van der Waals surface area contributed by atoms with Crippen LogP contribution in [0.25, 0.3) is 0 Å². The number of ether oxygens (including phenoxy) is 1. The molecule has 2 atom stereocenters. The monoisotopic (exact) mass is 542 g/mol. The molecule has 0 spiro atoms. The van der Waals surface area contributed by atoms with Gasteiger partial charge in [-0.25, -0.2) is 8.42 Å². The first kappa shape index (κ1) is 27.6. The molecule has 3 N–H and O–H groups in total. The molecule has 2 aliphatic heterocycles. The summed E-state index contributed by atoms with van der Waals surface area (Å²) in [6, 6.07) is 5.82. The van der Waals surface area contributed by atoms with E-state index in [2.05, 4.69) is 17.1 Å². The van der Waals surface area contributed by atoms with Crippen LogP contribution in [-0.2, 0) is 27.7 Å². The number of anilines is 1. The van der Waals surface area contributed by atoms with E-state index in [0.29, 0.717) is 22.5 Å². The number of carbonyl (C=O) groups excluding carboxylic acids is 2. The molecule has 0 aliphatic carbocycles. The zero-order valence-corrected chi connectivity index (χ0v) is 22.4. The lowest BCUT2D eigenvalue weighted by molar-refractivity contribution is -0.0440. The van der Waals surface area contributed by atoms with E-state index in [9.17, 15) is 18.0 Å². The Morgan fingerprint density at radius 1 is 1.17 bits per heavy atom. The first-order valence-electron chi connectivity index (χ1n) is 11.3. The highest BCUT2D eigenvalue weighted by atomic mass is 35.5. The number of fused-ring (bicyclic) bond motifs is 1. The van der Waals surface area contributed by atoms with Gasteiger partial charge in [0, 0.05) is 36.6 Å². The Kier molecular flexibility index (Phi) is 8.61. The maximum atomic E-state index is 13.0. The summed E-state index contributed by atoms with van der Waals surface area (Å²) >= 11 is 1.37. The van der Waals surface area contributed by atoms with E-state index in [0.717, 1.165) is 30.1 Å². The smallest absolute Gasteiger partial charge is 0.256 e. The van der Waals surface area contributed by atoms with Crippen LogP contribution in [-0.4, -0.2) is 67.8 Å². The molecule has 0 radical (unpaired) electrons. The van der Waals surface area contributed by atoms with E-state index >= 15 is 0 Å². The van der Waals surface area contributed by atoms with E-state index in [4.69, 9.17) is 10.5 Å². The van der Waals surface area contributed by atoms with Crippen molar-refractivity contribution in [3.05, 3.63) is 45.8 Å². The average Bonchev–Trinajstić information content (AvgIpc) is 3.15. The molecule has 12 heteroatoms. The number of nitrogens with zero attached hydrogens (tertiary/aromatic N) is 2. The molecule has 0 saturated carbocycles. The van der Waals surface area contributed by atoms with Crippen molar-refractivity contribution in [2.24, 2.45) is 5.73 Å². The molecule has 2 aromatic rings. The highest BCUT2D eigenvalue weighted by molar-refractivity contribution is 7.89. The summed E-state index contributed by atoms with van der Waals surface area (Å²) in [4.78, 5) is 28.5. The Balaban J connectivity index is 0.00000342. The van der Waals surface area contributed by atoms with Crippen molar-refractivity contribution in [2.75, 3.05) is 31.5 Å². The lowest BCUT2D eigenvalue weighted by atomic mass is 10.0. The molecule has 2 aliphatic rings. The Bertz CT molecular complexity index is 1190. The number of morpholine rings is 1. The minimum atomic E-state index is -3.70. The SMILES string of the molecule is CCN1CCc2c(sc(NC(=O)c3ccc(S(=O)(=O)N4CC(C)OC(C)C4)cc3)c2C(N)=O)C1.Cl. The fourth-order valence-corrected chi connectivity index (χ4v) is 7.39. The number of nitrogens with one attached hydrogen (secondary N) is 1. The Morgan fingerprint density at radius 2 is 1.80 bits per heavy atom. The van der Waals surface area contributed by atoms with Crippen molar-refractivity contribution >= 4 is 50.6 Å². The van der Waals surface area contributed by atoms with Crippen molar-refractivity contribution in [1.82, 2.24) is 9.21 Å². The lowest BCUT2D eigenvalue weighted by Crippen LogP contribution is -2.48. The third-order valence-electron chi connectivity index (χ3n) is 6.20. The van der Waals surface area contributed by atoms with Gasteiger partial charge in [0.2, 0.25) is 10.0 Å². The topological polar surface area (TPSA) is 122 Å². The quantitative estimate of drug-likeness (QED) is 0.578. The summed E-state index contributed by atoms with van der Waals surface area (Å²) in [6.45, 7) is 8.79. The van der Waals surface area contributed by atoms with Crippen LogP contribution >= 0.6 is 23.7 Å². The molecule has 1 aromatic carbocycles. The minimum absolute atomic E-state index is 0. The van der Waals surface area contributed by atoms with Gasteiger partial charge in [0.1, 0.15) is 5.00 Å². The summed E-state index contributed by atoms with van der Waals surface area (Å²) in [5.41, 5.74) is 7.22. The molecule has 1 aromatic heterocycles. The predicted molar refractivity (Wildman–Crippen MR) is 138 cm³/mol. The highest BCUT2D eigenvalue weighted by Gasteiger charge is 2.32. The molecule has 9 nitrogen and oxygen atoms in total. The molecule has 35 heavy (non-hydrogen) atoms. The zero-order valence-electron chi connectivity index (χ0n) is 19.9. The number of halogens is 1. The van der Waals surface area contributed by atoms with Crippen LogP contribution in [0, 0.1) is 0 Å². The van der Waals surface area contributed by atoms with Crippen LogP contribution in [0.2, 0.25) is 0 Å². The van der Waals surface area contributed by atoms with Gasteiger partial charge in [0.25, 0.3) is 11.8 Å². The van der Waals surface area contributed by atoms with Crippen LogP contribution in [0.15, 0.2) is 29.2 Å². The van der Waals surface area contributed by atoms with Gasteiger partial charge in [-0.3, -0.25) is 14.5 Å². The summed E-state index contributed by atoms with van der Waals surface area (Å²) in [6.07, 6.45) is 0.326. The van der Waals surface area contributed by atoms with Gasteiger partial charge < -0.3 is 15.8 Å². The zero-order chi connectivity index (χ0) is 24.6. The molecule has 4 rings (SSSR count). The predicted octanol–water partition coefficient (Wildman–Crippen LogP) is 2.70. The van der Waals surface area contributed by atoms with Crippen LogP contribution in [0.5, 0.6) is 0 Å². The molecule has 0 bridgehead atoms. The van der Waals surface area contributed by atoms with Crippen molar-refractivity contribution in [3.8, 4) is 0 Å². The molecule has 2 amide bonds. The van der Waals surface area contributed by atoms with Crippen molar-refractivity contribution in [3.63, 3.8) is 0 Å². The maximum Gasteiger partial charge on any atom is 0.256 e. The molecule has 3 heterocycles. The normalized spacial score (nSPS) is 21.1. The molecule has 1 saturated heterocycles. The number of hydrogen-bond donors (Lipinski definition) is 2. The van der Waals surface area contributed by atoms with E-state index in [1.165, 1.54) is 39.9 Å². The van der Waals surface area contributed by atoms with E-state index in [1.54, 1.807) is 0 Å². The number of hydrogen-bond acceptors (Lipinski definition) is 7. The molecule has 192 valence electrons. The fourth-order valence-electron chi connectivity index (χ4n) is 4.50. The number of rotatable bonds is 6. The van der Waals surface area contributed by atoms with Gasteiger partial charge in [-0.05, 0) is 56.6 Å². The number of sulfonamides is 1. The lowest BCUT2D eigenvalue weighted by Gasteiger charge is -2.34. The summed E-state index contributed by atoms with van der Waals surface area (Å²) in [5, 5.41) is 3.25. The Hall–Kier alpha value is -2.02. The standard InChI is InChI=1S/C23H30N4O5S2.ClH/c1-4-26-10-9-18-19(13-26)33-23(20(18)21(24)28)25-22(29)16-5-7-17(8-6-16)34(30,31)27-11-14(2)32-15(3)12-27;/h5-8,14-15H,4,9-13H2,1-3H3,(H2,24,28)(H,25,29);1H. The van der Waals surface area contributed by atoms with Crippen LogP contribution in [0.4, 0.5) is 5.00 Å². The van der Waals surface area contributed by atoms with E-state index < -0.39 is 21.8 Å². The van der Waals surface area contributed by atoms with Gasteiger partial charge in [-0.2, -0.15) is 4.31 Å². The second-order valence-corrected chi connectivity index (χ2v) is 11.8. The van der Waals surface area contributed by atoms with Crippen LogP contribution in [0.3, 0.4) is 0 Å². The summed E-state index contributed by atoms with van der Waals surface area (Å²) in [5.74, 6) is -0.987. The number of nitrogens with two attached hydrogens (primary N) is 1. The third-order valence-corrected chi connectivity index (χ3v) is 9.18. The number of primary amides is 1. The number of benzene rings is 1. The number of likely N-dealkylation sites (N-methyl/N-ethyl adjacent to an activating group) is 1. The number of thiophene rings is 1. The highest BCUT2D eigenvalue weighted by Crippen LogP contribution is 2.37. The van der Waals surface area contributed by atoms with Crippen molar-refractivity contribution in [2.45, 2.75) is 50.8 Å². The molecule has 2 unspecified atom stereocenters. The third kappa shape index (κ3) is 5.71. The van der Waals surface area contributed by atoms with Crippen molar-refractivity contribution < 1.29 is 22.7 Å². The molecule has 1 fully saturated rings. The number of amides is 2. The van der Waals surface area contributed by atoms with Gasteiger partial charge >= 0.3 is 0 Å². The fraction of sp³-hybridized carbons (Fsp3) is 0.478. The van der Waals surface area contributed by atoms with Crippen LogP contribution < -0.4 is 11.1 Å². The maximum absolute atomic E-state index is 13.0.